The molecule has 2 fully saturated rings. The van der Waals surface area contributed by atoms with E-state index in [1.54, 1.807) is 28.9 Å². The first-order valence-corrected chi connectivity index (χ1v) is 16.9. The molecule has 0 spiro atoms. The van der Waals surface area contributed by atoms with E-state index in [4.69, 9.17) is 9.47 Å². The Labute approximate surface area is 234 Å². The van der Waals surface area contributed by atoms with Gasteiger partial charge in [-0.25, -0.2) is 16.8 Å². The molecule has 39 heavy (non-hydrogen) atoms. The average molecular weight is 579 g/mol. The number of nitrogens with zero attached hydrogens (tertiary/aromatic N) is 2. The van der Waals surface area contributed by atoms with Crippen LogP contribution in [0.1, 0.15) is 70.8 Å². The van der Waals surface area contributed by atoms with E-state index in [1.807, 2.05) is 19.1 Å². The molecule has 0 unspecified atom stereocenters. The Hall–Kier alpha value is -2.14. The second kappa shape index (κ2) is 12.6. The number of sulfonamides is 2. The highest BCUT2D eigenvalue weighted by molar-refractivity contribution is 7.89. The molecule has 0 amide bonds. The molecular weight excluding hydrogens is 536 g/mol. The number of rotatable bonds is 10. The maximum atomic E-state index is 14.1. The molecule has 0 N–H and O–H groups in total. The maximum absolute atomic E-state index is 14.1. The Morgan fingerprint density at radius 2 is 1.49 bits per heavy atom. The molecule has 1 heterocycles. The maximum Gasteiger partial charge on any atom is 0.243 e. The number of ether oxygens (including phenoxy) is 2. The van der Waals surface area contributed by atoms with Crippen LogP contribution in [0.5, 0.6) is 11.5 Å². The van der Waals surface area contributed by atoms with Crippen LogP contribution in [0.25, 0.3) is 0 Å². The smallest absolute Gasteiger partial charge is 0.243 e. The van der Waals surface area contributed by atoms with Gasteiger partial charge in [-0.2, -0.15) is 8.61 Å². The van der Waals surface area contributed by atoms with Gasteiger partial charge in [-0.15, -0.1) is 0 Å². The fraction of sp³-hybridized carbons (Fsp3) is 0.586. The molecule has 10 heteroatoms. The fourth-order valence-corrected chi connectivity index (χ4v) is 9.52. The van der Waals surface area contributed by atoms with E-state index in [2.05, 4.69) is 6.92 Å². The summed E-state index contributed by atoms with van der Waals surface area (Å²) in [6, 6.07) is 11.1. The molecule has 3 atom stereocenters. The predicted molar refractivity (Wildman–Crippen MR) is 152 cm³/mol. The second-order valence-electron chi connectivity index (χ2n) is 10.7. The van der Waals surface area contributed by atoms with E-state index in [0.717, 1.165) is 56.9 Å². The number of methoxy groups -OCH3 is 2. The molecule has 1 saturated heterocycles. The zero-order valence-corrected chi connectivity index (χ0v) is 25.1. The Morgan fingerprint density at radius 3 is 2.13 bits per heavy atom. The van der Waals surface area contributed by atoms with Crippen molar-refractivity contribution in [3.63, 3.8) is 0 Å². The van der Waals surface area contributed by atoms with Gasteiger partial charge < -0.3 is 9.47 Å². The van der Waals surface area contributed by atoms with Crippen LogP contribution in [0.4, 0.5) is 0 Å². The van der Waals surface area contributed by atoms with Gasteiger partial charge in [-0.05, 0) is 80.0 Å². The third-order valence-electron chi connectivity index (χ3n) is 8.30. The summed E-state index contributed by atoms with van der Waals surface area (Å²) >= 11 is 0. The molecule has 2 aromatic rings. The van der Waals surface area contributed by atoms with Gasteiger partial charge >= 0.3 is 0 Å². The van der Waals surface area contributed by atoms with Crippen molar-refractivity contribution in [1.29, 1.82) is 0 Å². The molecule has 0 aromatic heterocycles. The van der Waals surface area contributed by atoms with E-state index in [9.17, 15) is 16.8 Å². The molecule has 0 radical (unpaired) electrons. The summed E-state index contributed by atoms with van der Waals surface area (Å²) in [5.41, 5.74) is 0.795. The lowest BCUT2D eigenvalue weighted by atomic mass is 9.86. The summed E-state index contributed by atoms with van der Waals surface area (Å²) in [7, 11) is -4.49. The van der Waals surface area contributed by atoms with E-state index in [0.29, 0.717) is 18.0 Å². The third-order valence-corrected chi connectivity index (χ3v) is 12.2. The largest absolute Gasteiger partial charge is 0.493 e. The van der Waals surface area contributed by atoms with Gasteiger partial charge in [0.15, 0.2) is 11.5 Å². The lowest BCUT2D eigenvalue weighted by Crippen LogP contribution is -2.44. The van der Waals surface area contributed by atoms with Crippen LogP contribution in [0.15, 0.2) is 52.3 Å². The van der Waals surface area contributed by atoms with Gasteiger partial charge in [-0.1, -0.05) is 39.2 Å². The van der Waals surface area contributed by atoms with E-state index in [-0.39, 0.29) is 34.3 Å². The van der Waals surface area contributed by atoms with Crippen LogP contribution >= 0.6 is 0 Å². The predicted octanol–water partition coefficient (Wildman–Crippen LogP) is 5.43. The zero-order chi connectivity index (χ0) is 28.2. The third kappa shape index (κ3) is 6.29. The Morgan fingerprint density at radius 1 is 0.846 bits per heavy atom. The van der Waals surface area contributed by atoms with Gasteiger partial charge in [0.2, 0.25) is 20.0 Å². The van der Waals surface area contributed by atoms with Gasteiger partial charge in [-0.3, -0.25) is 0 Å². The second-order valence-corrected chi connectivity index (χ2v) is 14.5. The molecule has 216 valence electrons. The van der Waals surface area contributed by atoms with Crippen LogP contribution in [-0.4, -0.2) is 58.3 Å². The van der Waals surface area contributed by atoms with Crippen molar-refractivity contribution < 1.29 is 26.3 Å². The molecule has 1 aliphatic heterocycles. The first kappa shape index (κ1) is 29.8. The molecule has 2 aromatic carbocycles. The van der Waals surface area contributed by atoms with Crippen LogP contribution < -0.4 is 9.47 Å². The van der Waals surface area contributed by atoms with E-state index < -0.39 is 20.0 Å². The van der Waals surface area contributed by atoms with Crippen LogP contribution in [-0.2, 0) is 26.6 Å². The number of piperidine rings is 1. The monoisotopic (exact) mass is 578 g/mol. The minimum absolute atomic E-state index is 0.0167. The minimum atomic E-state index is -3.92. The topological polar surface area (TPSA) is 93.2 Å². The quantitative estimate of drug-likeness (QED) is 0.373. The standard InChI is InChI=1S/C29H42N2O6S2/c1-5-24-11-8-9-19-30(24)38(32,33)25-14-16-26(17-15-25)39(34,35)31(27-12-7-6-10-22(27)2)21-23-13-18-28(36-3)29(20-23)37-4/h13-18,20,22,24,27H,5-12,19,21H2,1-4H3/t22-,24+,27-/m0/s1. The number of hydrogen-bond donors (Lipinski definition) is 0. The van der Waals surface area contributed by atoms with Gasteiger partial charge in [0.1, 0.15) is 0 Å². The van der Waals surface area contributed by atoms with Crippen molar-refractivity contribution in [2.75, 3.05) is 20.8 Å². The first-order valence-electron chi connectivity index (χ1n) is 14.0. The highest BCUT2D eigenvalue weighted by atomic mass is 32.2. The van der Waals surface area contributed by atoms with Crippen LogP contribution in [0.2, 0.25) is 0 Å². The van der Waals surface area contributed by atoms with Crippen LogP contribution in [0.3, 0.4) is 0 Å². The minimum Gasteiger partial charge on any atom is -0.493 e. The van der Waals surface area contributed by atoms with Crippen molar-refractivity contribution >= 4 is 20.0 Å². The molecule has 1 saturated carbocycles. The lowest BCUT2D eigenvalue weighted by molar-refractivity contribution is 0.185. The molecule has 4 rings (SSSR count). The summed E-state index contributed by atoms with van der Waals surface area (Å²) in [6.07, 6.45) is 7.29. The molecular formula is C29H42N2O6S2. The van der Waals surface area contributed by atoms with E-state index in [1.165, 1.54) is 24.3 Å². The summed E-state index contributed by atoms with van der Waals surface area (Å²) in [5.74, 6) is 1.33. The SMILES string of the molecule is CC[C@@H]1CCCCN1S(=O)(=O)c1ccc(S(=O)(=O)N(Cc2ccc(OC)c(OC)c2)[C@H]2CCCC[C@@H]2C)cc1. The van der Waals surface area contributed by atoms with Crippen molar-refractivity contribution in [3.8, 4) is 11.5 Å². The summed E-state index contributed by atoms with van der Waals surface area (Å²) in [5, 5.41) is 0. The van der Waals surface area contributed by atoms with E-state index >= 15 is 0 Å². The van der Waals surface area contributed by atoms with Gasteiger partial charge in [0, 0.05) is 25.2 Å². The molecule has 2 aliphatic rings. The Balaban J connectivity index is 1.67. The van der Waals surface area contributed by atoms with Crippen molar-refractivity contribution in [3.05, 3.63) is 48.0 Å². The van der Waals surface area contributed by atoms with Crippen molar-refractivity contribution in [2.45, 2.75) is 93.6 Å². The molecule has 0 bridgehead atoms. The molecule has 1 aliphatic carbocycles. The number of hydrogen-bond acceptors (Lipinski definition) is 6. The van der Waals surface area contributed by atoms with Gasteiger partial charge in [0.05, 0.1) is 24.0 Å². The fourth-order valence-electron chi connectivity index (χ4n) is 6.02. The zero-order valence-electron chi connectivity index (χ0n) is 23.5. The van der Waals surface area contributed by atoms with Crippen molar-refractivity contribution in [2.24, 2.45) is 5.92 Å². The molecule has 8 nitrogen and oxygen atoms in total. The normalized spacial score (nSPS) is 23.1. The lowest BCUT2D eigenvalue weighted by Gasteiger charge is -2.38. The highest BCUT2D eigenvalue weighted by Crippen LogP contribution is 2.35. The highest BCUT2D eigenvalue weighted by Gasteiger charge is 2.37. The van der Waals surface area contributed by atoms with Gasteiger partial charge in [0.25, 0.3) is 0 Å². The summed E-state index contributed by atoms with van der Waals surface area (Å²) in [4.78, 5) is 0.240. The average Bonchev–Trinajstić information content (AvgIpc) is 2.96. The van der Waals surface area contributed by atoms with Crippen LogP contribution in [0, 0.1) is 5.92 Å². The Bertz CT molecular complexity index is 1330. The summed E-state index contributed by atoms with van der Waals surface area (Å²) < 4.78 is 69.1. The first-order chi connectivity index (χ1) is 18.6. The van der Waals surface area contributed by atoms with Crippen molar-refractivity contribution in [1.82, 2.24) is 8.61 Å². The summed E-state index contributed by atoms with van der Waals surface area (Å²) in [6.45, 7) is 4.80. The number of benzene rings is 2. The Kier molecular flexibility index (Phi) is 9.62.